The van der Waals surface area contributed by atoms with Crippen molar-refractivity contribution in [3.8, 4) is 0 Å². The SMILES string of the molecule is O=C(C(=O)N1CCSC2CCCCC21)N1CCSC2CCCCC21. The molecule has 2 saturated carbocycles. The van der Waals surface area contributed by atoms with Gasteiger partial charge in [0.15, 0.2) is 0 Å². The van der Waals surface area contributed by atoms with Crippen LogP contribution >= 0.6 is 23.5 Å². The van der Waals surface area contributed by atoms with Crippen LogP contribution in [0.3, 0.4) is 0 Å². The molecule has 4 atom stereocenters. The summed E-state index contributed by atoms with van der Waals surface area (Å²) in [7, 11) is 0. The van der Waals surface area contributed by atoms with Crippen molar-refractivity contribution in [2.24, 2.45) is 0 Å². The third kappa shape index (κ3) is 3.20. The average Bonchev–Trinajstić information content (AvgIpc) is 2.66. The number of rotatable bonds is 0. The van der Waals surface area contributed by atoms with Crippen molar-refractivity contribution in [1.82, 2.24) is 9.80 Å². The number of amides is 2. The Balaban J connectivity index is 1.47. The van der Waals surface area contributed by atoms with Crippen LogP contribution < -0.4 is 0 Å². The summed E-state index contributed by atoms with van der Waals surface area (Å²) in [5.74, 6) is 1.57. The fourth-order valence-corrected chi connectivity index (χ4v) is 7.83. The van der Waals surface area contributed by atoms with E-state index in [4.69, 9.17) is 0 Å². The van der Waals surface area contributed by atoms with Gasteiger partial charge in [0.2, 0.25) is 0 Å². The summed E-state index contributed by atoms with van der Waals surface area (Å²) in [6.07, 6.45) is 9.53. The largest absolute Gasteiger partial charge is 0.330 e. The maximum absolute atomic E-state index is 13.0. The Morgan fingerprint density at radius 2 is 1.08 bits per heavy atom. The Bertz CT molecular complexity index is 453. The summed E-state index contributed by atoms with van der Waals surface area (Å²) in [4.78, 5) is 30.0. The zero-order valence-electron chi connectivity index (χ0n) is 14.3. The molecule has 6 heteroatoms. The molecule has 4 unspecified atom stereocenters. The molecule has 134 valence electrons. The predicted molar refractivity (Wildman–Crippen MR) is 100 cm³/mol. The summed E-state index contributed by atoms with van der Waals surface area (Å²) in [5, 5.41) is 1.12. The minimum absolute atomic E-state index is 0.205. The molecule has 0 bridgehead atoms. The lowest BCUT2D eigenvalue weighted by atomic mass is 9.92. The van der Waals surface area contributed by atoms with Crippen LogP contribution in [0, 0.1) is 0 Å². The zero-order valence-corrected chi connectivity index (χ0v) is 16.0. The fourth-order valence-electron chi connectivity index (χ4n) is 4.94. The third-order valence-electron chi connectivity index (χ3n) is 6.17. The van der Waals surface area contributed by atoms with Crippen LogP contribution in [0.5, 0.6) is 0 Å². The van der Waals surface area contributed by atoms with Crippen molar-refractivity contribution < 1.29 is 9.59 Å². The lowest BCUT2D eigenvalue weighted by molar-refractivity contribution is -0.155. The molecule has 4 aliphatic rings. The van der Waals surface area contributed by atoms with Gasteiger partial charge in [-0.15, -0.1) is 0 Å². The van der Waals surface area contributed by atoms with Gasteiger partial charge in [0, 0.05) is 47.2 Å². The third-order valence-corrected chi connectivity index (χ3v) is 8.96. The highest BCUT2D eigenvalue weighted by atomic mass is 32.2. The summed E-state index contributed by atoms with van der Waals surface area (Å²) in [6.45, 7) is 1.51. The standard InChI is InChI=1S/C18H28N2O2S2/c21-17(19-9-11-23-15-7-3-1-5-13(15)19)18(22)20-10-12-24-16-8-4-2-6-14(16)20/h13-16H,1-12H2. The van der Waals surface area contributed by atoms with Gasteiger partial charge in [-0.3, -0.25) is 9.59 Å². The average molecular weight is 369 g/mol. The van der Waals surface area contributed by atoms with E-state index in [9.17, 15) is 9.59 Å². The molecule has 2 aliphatic heterocycles. The molecule has 2 saturated heterocycles. The maximum atomic E-state index is 13.0. The number of hydrogen-bond acceptors (Lipinski definition) is 4. The van der Waals surface area contributed by atoms with Crippen molar-refractivity contribution in [1.29, 1.82) is 0 Å². The van der Waals surface area contributed by atoms with Gasteiger partial charge in [-0.25, -0.2) is 0 Å². The van der Waals surface area contributed by atoms with Gasteiger partial charge in [-0.1, -0.05) is 25.7 Å². The quantitative estimate of drug-likeness (QED) is 0.617. The van der Waals surface area contributed by atoms with Crippen LogP contribution in [0.4, 0.5) is 0 Å². The molecule has 2 amide bonds. The molecular weight excluding hydrogens is 340 g/mol. The number of hydrogen-bond donors (Lipinski definition) is 0. The molecule has 0 aromatic carbocycles. The Kier molecular flexibility index (Phi) is 5.32. The molecule has 4 nitrogen and oxygen atoms in total. The van der Waals surface area contributed by atoms with Gasteiger partial charge in [-0.2, -0.15) is 23.5 Å². The molecule has 2 heterocycles. The van der Waals surface area contributed by atoms with Crippen molar-refractivity contribution in [2.75, 3.05) is 24.6 Å². The van der Waals surface area contributed by atoms with E-state index in [2.05, 4.69) is 0 Å². The Morgan fingerprint density at radius 1 is 0.667 bits per heavy atom. The van der Waals surface area contributed by atoms with E-state index in [1.54, 1.807) is 0 Å². The molecule has 0 aromatic rings. The summed E-state index contributed by atoms with van der Waals surface area (Å²) in [5.41, 5.74) is 0. The minimum Gasteiger partial charge on any atom is -0.330 e. The van der Waals surface area contributed by atoms with Gasteiger partial charge in [0.25, 0.3) is 0 Å². The van der Waals surface area contributed by atoms with Crippen molar-refractivity contribution in [3.63, 3.8) is 0 Å². The maximum Gasteiger partial charge on any atom is 0.312 e. The van der Waals surface area contributed by atoms with E-state index in [1.807, 2.05) is 33.3 Å². The monoisotopic (exact) mass is 368 g/mol. The van der Waals surface area contributed by atoms with Crippen LogP contribution in [0.1, 0.15) is 51.4 Å². The van der Waals surface area contributed by atoms with Crippen molar-refractivity contribution in [2.45, 2.75) is 74.0 Å². The lowest BCUT2D eigenvalue weighted by Gasteiger charge is -2.46. The van der Waals surface area contributed by atoms with E-state index in [0.717, 1.165) is 37.4 Å². The van der Waals surface area contributed by atoms with Gasteiger partial charge < -0.3 is 9.80 Å². The summed E-state index contributed by atoms with van der Waals surface area (Å²) >= 11 is 4.02. The second-order valence-electron chi connectivity index (χ2n) is 7.52. The first-order valence-electron chi connectivity index (χ1n) is 9.60. The second kappa shape index (κ2) is 7.48. The Morgan fingerprint density at radius 3 is 1.54 bits per heavy atom. The summed E-state index contributed by atoms with van der Waals surface area (Å²) < 4.78 is 0. The molecule has 0 aromatic heterocycles. The van der Waals surface area contributed by atoms with E-state index in [-0.39, 0.29) is 11.8 Å². The van der Waals surface area contributed by atoms with Crippen molar-refractivity contribution in [3.05, 3.63) is 0 Å². The molecule has 2 aliphatic carbocycles. The van der Waals surface area contributed by atoms with E-state index in [1.165, 1.54) is 38.5 Å². The highest BCUT2D eigenvalue weighted by molar-refractivity contribution is 8.00. The van der Waals surface area contributed by atoms with Crippen LogP contribution in [0.15, 0.2) is 0 Å². The first-order chi connectivity index (χ1) is 11.8. The number of nitrogens with zero attached hydrogens (tertiary/aromatic N) is 2. The molecule has 24 heavy (non-hydrogen) atoms. The normalized spacial score (nSPS) is 36.7. The van der Waals surface area contributed by atoms with Crippen LogP contribution in [0.2, 0.25) is 0 Å². The predicted octanol–water partition coefficient (Wildman–Crippen LogP) is 2.76. The number of fused-ring (bicyclic) bond motifs is 2. The molecule has 4 fully saturated rings. The highest BCUT2D eigenvalue weighted by Gasteiger charge is 2.43. The van der Waals surface area contributed by atoms with Crippen molar-refractivity contribution >= 4 is 35.3 Å². The van der Waals surface area contributed by atoms with Gasteiger partial charge in [-0.05, 0) is 25.7 Å². The van der Waals surface area contributed by atoms with E-state index >= 15 is 0 Å². The second-order valence-corrected chi connectivity index (χ2v) is 10.2. The minimum atomic E-state index is -0.205. The fraction of sp³-hybridized carbons (Fsp3) is 0.889. The zero-order chi connectivity index (χ0) is 16.5. The number of thioether (sulfide) groups is 2. The molecule has 0 N–H and O–H groups in total. The van der Waals surface area contributed by atoms with Crippen LogP contribution in [-0.2, 0) is 9.59 Å². The number of carbonyl (C=O) groups is 2. The highest BCUT2D eigenvalue weighted by Crippen LogP contribution is 2.37. The Labute approximate surface area is 153 Å². The van der Waals surface area contributed by atoms with Crippen LogP contribution in [0.25, 0.3) is 0 Å². The summed E-state index contributed by atoms with van der Waals surface area (Å²) in [6, 6.07) is 0.602. The smallest absolute Gasteiger partial charge is 0.312 e. The van der Waals surface area contributed by atoms with Gasteiger partial charge in [0.1, 0.15) is 0 Å². The lowest BCUT2D eigenvalue weighted by Crippen LogP contribution is -2.59. The molecule has 4 rings (SSSR count). The Hall–Kier alpha value is -0.360. The van der Waals surface area contributed by atoms with Crippen LogP contribution in [-0.4, -0.2) is 68.8 Å². The number of carbonyl (C=O) groups excluding carboxylic acids is 2. The first-order valence-corrected chi connectivity index (χ1v) is 11.7. The van der Waals surface area contributed by atoms with Gasteiger partial charge >= 0.3 is 11.8 Å². The topological polar surface area (TPSA) is 40.6 Å². The molecule has 0 radical (unpaired) electrons. The molecule has 0 spiro atoms. The van der Waals surface area contributed by atoms with E-state index < -0.39 is 0 Å². The van der Waals surface area contributed by atoms with Gasteiger partial charge in [0.05, 0.1) is 0 Å². The molecular formula is C18H28N2O2S2. The van der Waals surface area contributed by atoms with E-state index in [0.29, 0.717) is 22.6 Å². The first kappa shape index (κ1) is 17.1.